The van der Waals surface area contributed by atoms with E-state index in [1.54, 1.807) is 0 Å². The molecule has 10 heteroatoms. The Labute approximate surface area is 205 Å². The Balaban J connectivity index is 1.30. The van der Waals surface area contributed by atoms with Crippen LogP contribution in [0.1, 0.15) is 41.6 Å². The van der Waals surface area contributed by atoms with Gasteiger partial charge in [0.1, 0.15) is 22.9 Å². The maximum atomic E-state index is 13.8. The summed E-state index contributed by atoms with van der Waals surface area (Å²) in [6, 6.07) is 9.68. The first-order valence-corrected chi connectivity index (χ1v) is 11.4. The number of halogens is 3. The van der Waals surface area contributed by atoms with Crippen molar-refractivity contribution >= 4 is 11.8 Å². The monoisotopic (exact) mass is 499 g/mol. The van der Waals surface area contributed by atoms with E-state index in [0.717, 1.165) is 18.3 Å². The molecule has 7 nitrogen and oxygen atoms in total. The quantitative estimate of drug-likeness (QED) is 0.448. The van der Waals surface area contributed by atoms with E-state index in [1.807, 2.05) is 0 Å². The van der Waals surface area contributed by atoms with Gasteiger partial charge in [-0.1, -0.05) is 6.07 Å². The van der Waals surface area contributed by atoms with Crippen molar-refractivity contribution in [1.29, 1.82) is 0 Å². The van der Waals surface area contributed by atoms with Crippen LogP contribution in [0.4, 0.5) is 13.2 Å². The third-order valence-corrected chi connectivity index (χ3v) is 5.89. The second-order valence-electron chi connectivity index (χ2n) is 8.61. The first kappa shape index (κ1) is 25.0. The van der Waals surface area contributed by atoms with E-state index in [0.29, 0.717) is 31.2 Å². The topological polar surface area (TPSA) is 101 Å². The van der Waals surface area contributed by atoms with E-state index >= 15 is 0 Å². The molecule has 1 aliphatic rings. The van der Waals surface area contributed by atoms with E-state index in [-0.39, 0.29) is 41.6 Å². The summed E-state index contributed by atoms with van der Waals surface area (Å²) in [7, 11) is 0. The summed E-state index contributed by atoms with van der Waals surface area (Å²) < 4.78 is 46.0. The zero-order valence-corrected chi connectivity index (χ0v) is 19.1. The summed E-state index contributed by atoms with van der Waals surface area (Å²) >= 11 is 0. The molecular weight excluding hydrogens is 475 g/mol. The first-order valence-electron chi connectivity index (χ1n) is 11.4. The number of hydrogen-bond acceptors (Lipinski definition) is 5. The summed E-state index contributed by atoms with van der Waals surface area (Å²) in [5.74, 6) is -3.08. The van der Waals surface area contributed by atoms with Gasteiger partial charge in [-0.05, 0) is 73.7 Å². The Bertz CT molecular complexity index is 1250. The molecule has 0 aliphatic heterocycles. The lowest BCUT2D eigenvalue weighted by Gasteiger charge is -2.29. The molecular formula is C26H24F3N3O4. The summed E-state index contributed by atoms with van der Waals surface area (Å²) in [6.45, 7) is 0. The number of ether oxygens (including phenoxy) is 1. The van der Waals surface area contributed by atoms with Gasteiger partial charge < -0.3 is 20.5 Å². The molecule has 1 saturated carbocycles. The van der Waals surface area contributed by atoms with Gasteiger partial charge in [0.15, 0.2) is 11.6 Å². The smallest absolute Gasteiger partial charge is 0.257 e. The molecule has 1 fully saturated rings. The number of carbonyl (C=O) groups excluding carboxylic acids is 2. The molecule has 1 aromatic heterocycles. The number of hydrogen-bond donors (Lipinski definition) is 3. The number of carbonyl (C=O) groups is 2. The van der Waals surface area contributed by atoms with Gasteiger partial charge in [-0.2, -0.15) is 0 Å². The van der Waals surface area contributed by atoms with Crippen molar-refractivity contribution in [3.63, 3.8) is 0 Å². The number of phenolic OH excluding ortho intramolecular Hbond substituents is 1. The van der Waals surface area contributed by atoms with Crippen LogP contribution >= 0.6 is 0 Å². The second kappa shape index (κ2) is 11.1. The van der Waals surface area contributed by atoms with Crippen molar-refractivity contribution in [1.82, 2.24) is 15.6 Å². The highest BCUT2D eigenvalue weighted by molar-refractivity contribution is 5.96. The molecule has 3 aromatic rings. The van der Waals surface area contributed by atoms with Crippen molar-refractivity contribution in [3.05, 3.63) is 83.3 Å². The van der Waals surface area contributed by atoms with Crippen molar-refractivity contribution in [2.24, 2.45) is 0 Å². The number of rotatable bonds is 7. The molecule has 1 heterocycles. The van der Waals surface area contributed by atoms with Gasteiger partial charge in [0.25, 0.3) is 5.91 Å². The summed E-state index contributed by atoms with van der Waals surface area (Å²) in [4.78, 5) is 29.0. The van der Waals surface area contributed by atoms with Gasteiger partial charge in [0.2, 0.25) is 11.8 Å². The fourth-order valence-corrected chi connectivity index (χ4v) is 4.05. The molecule has 36 heavy (non-hydrogen) atoms. The van der Waals surface area contributed by atoms with Crippen molar-refractivity contribution in [3.8, 4) is 17.4 Å². The molecule has 2 amide bonds. The number of phenols is 1. The SMILES string of the molecule is O=C(Cc1ccc(O)c(F)c1)NC1CCC(NC(=O)c2cc(F)cnc2Oc2ccc(F)cc2)CC1. The Morgan fingerprint density at radius 1 is 0.917 bits per heavy atom. The highest BCUT2D eigenvalue weighted by Crippen LogP contribution is 2.25. The predicted molar refractivity (Wildman–Crippen MR) is 124 cm³/mol. The molecule has 0 bridgehead atoms. The van der Waals surface area contributed by atoms with E-state index in [1.165, 1.54) is 36.4 Å². The van der Waals surface area contributed by atoms with Crippen LogP contribution in [0.5, 0.6) is 17.4 Å². The second-order valence-corrected chi connectivity index (χ2v) is 8.61. The van der Waals surface area contributed by atoms with Crippen LogP contribution in [0.15, 0.2) is 54.7 Å². The van der Waals surface area contributed by atoms with Crippen LogP contribution in [0.2, 0.25) is 0 Å². The minimum atomic E-state index is -0.781. The van der Waals surface area contributed by atoms with Gasteiger partial charge in [-0.15, -0.1) is 0 Å². The first-order chi connectivity index (χ1) is 17.3. The van der Waals surface area contributed by atoms with E-state index in [2.05, 4.69) is 15.6 Å². The standard InChI is InChI=1S/C26H24F3N3O4/c27-16-2-8-20(9-3-16)36-26-21(13-17(28)14-30-26)25(35)32-19-6-4-18(5-7-19)31-24(34)12-15-1-10-23(33)22(29)11-15/h1-3,8-11,13-14,18-19,33H,4-7,12H2,(H,31,34)(H,32,35). The third kappa shape index (κ3) is 6.53. The number of nitrogens with zero attached hydrogens (tertiary/aromatic N) is 1. The third-order valence-electron chi connectivity index (χ3n) is 5.89. The lowest BCUT2D eigenvalue weighted by Crippen LogP contribution is -2.44. The lowest BCUT2D eigenvalue weighted by atomic mass is 9.90. The Kier molecular flexibility index (Phi) is 7.72. The van der Waals surface area contributed by atoms with E-state index in [9.17, 15) is 27.9 Å². The maximum absolute atomic E-state index is 13.8. The zero-order chi connectivity index (χ0) is 25.7. The summed E-state index contributed by atoms with van der Waals surface area (Å²) in [5.41, 5.74) is 0.363. The fraction of sp³-hybridized carbons (Fsp3) is 0.269. The van der Waals surface area contributed by atoms with Crippen LogP contribution in [-0.2, 0) is 11.2 Å². The zero-order valence-electron chi connectivity index (χ0n) is 19.1. The van der Waals surface area contributed by atoms with Crippen molar-refractivity contribution in [2.75, 3.05) is 0 Å². The van der Waals surface area contributed by atoms with Crippen LogP contribution < -0.4 is 15.4 Å². The van der Waals surface area contributed by atoms with Gasteiger partial charge in [0.05, 0.1) is 12.6 Å². The number of aromatic nitrogens is 1. The Morgan fingerprint density at radius 3 is 2.25 bits per heavy atom. The molecule has 0 spiro atoms. The molecule has 2 aromatic carbocycles. The van der Waals surface area contributed by atoms with Gasteiger partial charge >= 0.3 is 0 Å². The molecule has 3 N–H and O–H groups in total. The Hall–Kier alpha value is -4.08. The van der Waals surface area contributed by atoms with Crippen LogP contribution in [0, 0.1) is 17.5 Å². The largest absolute Gasteiger partial charge is 0.505 e. The van der Waals surface area contributed by atoms with Crippen molar-refractivity contribution in [2.45, 2.75) is 44.2 Å². The van der Waals surface area contributed by atoms with Gasteiger partial charge in [-0.25, -0.2) is 18.2 Å². The number of nitrogens with one attached hydrogen (secondary N) is 2. The van der Waals surface area contributed by atoms with Crippen LogP contribution in [0.3, 0.4) is 0 Å². The van der Waals surface area contributed by atoms with Crippen LogP contribution in [0.25, 0.3) is 0 Å². The number of aromatic hydroxyl groups is 1. The molecule has 0 radical (unpaired) electrons. The van der Waals surface area contributed by atoms with Gasteiger partial charge in [-0.3, -0.25) is 9.59 Å². The lowest BCUT2D eigenvalue weighted by molar-refractivity contribution is -0.121. The molecule has 0 saturated heterocycles. The van der Waals surface area contributed by atoms with Gasteiger partial charge in [0, 0.05) is 12.1 Å². The maximum Gasteiger partial charge on any atom is 0.257 e. The normalized spacial score (nSPS) is 17.3. The minimum Gasteiger partial charge on any atom is -0.505 e. The average Bonchev–Trinajstić information content (AvgIpc) is 2.85. The average molecular weight is 499 g/mol. The molecule has 0 unspecified atom stereocenters. The summed E-state index contributed by atoms with van der Waals surface area (Å²) in [5, 5.41) is 15.0. The predicted octanol–water partition coefficient (Wildman–Crippen LogP) is 4.40. The van der Waals surface area contributed by atoms with E-state index < -0.39 is 29.1 Å². The fourth-order valence-electron chi connectivity index (χ4n) is 4.05. The number of amides is 2. The van der Waals surface area contributed by atoms with E-state index in [4.69, 9.17) is 4.74 Å². The Morgan fingerprint density at radius 2 is 1.58 bits per heavy atom. The molecule has 4 rings (SSSR count). The molecule has 188 valence electrons. The number of pyridine rings is 1. The number of benzene rings is 2. The van der Waals surface area contributed by atoms with Crippen molar-refractivity contribution < 1.29 is 32.6 Å². The highest BCUT2D eigenvalue weighted by atomic mass is 19.1. The minimum absolute atomic E-state index is 0.0166. The molecule has 1 aliphatic carbocycles. The highest BCUT2D eigenvalue weighted by Gasteiger charge is 2.25. The summed E-state index contributed by atoms with van der Waals surface area (Å²) in [6.07, 6.45) is 3.30. The molecule has 0 atom stereocenters. The van der Waals surface area contributed by atoms with Crippen LogP contribution in [-0.4, -0.2) is 34.0 Å².